The number of hydrogen-bond donors (Lipinski definition) is 0. The molecule has 176 valence electrons. The van der Waals surface area contributed by atoms with E-state index in [0.717, 1.165) is 0 Å². The Kier molecular flexibility index (Phi) is 242. The Hall–Kier alpha value is -1.43. The summed E-state index contributed by atoms with van der Waals surface area (Å²) in [6.45, 7) is 58.3. The SMILES string of the molecule is C[C]1[C](C)[C](C)[C](C)[C](C)[C]1C.[C-]#[O+].[C-]#[O+].[C-]#[O+].[C-]#[O+].[C-]#[O+].[C-]#[O+].[C-]#[O+].[C-]#[O+].[C-]#[O+].[C-]#[O+].[V].[V]. The molecule has 1 aliphatic rings. The van der Waals surface area contributed by atoms with Crippen LogP contribution in [0.15, 0.2) is 0 Å². The van der Waals surface area contributed by atoms with E-state index < -0.39 is 0 Å². The van der Waals surface area contributed by atoms with Gasteiger partial charge in [0.05, 0.1) is 0 Å². The van der Waals surface area contributed by atoms with E-state index in [0.29, 0.717) is 0 Å². The molecule has 34 heavy (non-hydrogen) atoms. The van der Waals surface area contributed by atoms with Crippen LogP contribution in [-0.2, 0) is 83.6 Å². The Bertz CT molecular complexity index is 370. The molecule has 10 nitrogen and oxygen atoms in total. The van der Waals surface area contributed by atoms with Crippen molar-refractivity contribution in [2.45, 2.75) is 41.5 Å². The van der Waals surface area contributed by atoms with Crippen molar-refractivity contribution in [3.63, 3.8) is 0 Å². The fourth-order valence-corrected chi connectivity index (χ4v) is 1.69. The van der Waals surface area contributed by atoms with Crippen LogP contribution in [0.3, 0.4) is 0 Å². The van der Waals surface area contributed by atoms with Crippen LogP contribution >= 0.6 is 0 Å². The van der Waals surface area contributed by atoms with Crippen molar-refractivity contribution in [3.05, 3.63) is 102 Å². The van der Waals surface area contributed by atoms with Crippen molar-refractivity contribution in [2.75, 3.05) is 0 Å². The summed E-state index contributed by atoms with van der Waals surface area (Å²) < 4.78 is 75.0. The van der Waals surface area contributed by atoms with Gasteiger partial charge in [-0.05, 0) is 35.5 Å². The molecule has 0 heterocycles. The normalized spacial score (nSPS) is 10.6. The predicted octanol–water partition coefficient (Wildman–Crippen LogP) is 3.19. The molecular weight excluding hydrogens is 526 g/mol. The molecule has 0 atom stereocenters. The Balaban J connectivity index is -0.0000000189. The first-order valence-corrected chi connectivity index (χ1v) is 6.54. The third kappa shape index (κ3) is 52.5. The summed E-state index contributed by atoms with van der Waals surface area (Å²) >= 11 is 0. The minimum atomic E-state index is 0. The zero-order chi connectivity index (χ0) is 29.5. The van der Waals surface area contributed by atoms with Gasteiger partial charge in [0.2, 0.25) is 0 Å². The maximum atomic E-state index is 7.50. The van der Waals surface area contributed by atoms with Gasteiger partial charge >= 0.3 is 113 Å². The van der Waals surface area contributed by atoms with E-state index in [1.807, 2.05) is 0 Å². The largest absolute Gasteiger partial charge is 0 e. The topological polar surface area (TPSA) is 199 Å². The van der Waals surface area contributed by atoms with E-state index >= 15 is 0 Å². The van der Waals surface area contributed by atoms with E-state index in [4.69, 9.17) is 46.5 Å². The van der Waals surface area contributed by atoms with Crippen molar-refractivity contribution in [1.82, 2.24) is 0 Å². The maximum absolute atomic E-state index is 7.50. The Morgan fingerprint density at radius 3 is 0.294 bits per heavy atom. The molecule has 1 rings (SSSR count). The van der Waals surface area contributed by atoms with Crippen LogP contribution in [0.2, 0.25) is 0 Å². The van der Waals surface area contributed by atoms with E-state index in [9.17, 15) is 0 Å². The molecule has 1 aliphatic carbocycles. The standard InChI is InChI=1S/C12H18.10CO.2V/c1-7-8(2)10(4)12(6)11(5)9(7)3;10*1-2;;/h1-6H3;;;;;;;;;;;;. The second-order valence-electron chi connectivity index (χ2n) is 3.75. The van der Waals surface area contributed by atoms with Gasteiger partial charge in [-0.2, -0.15) is 0 Å². The Morgan fingerprint density at radius 1 is 0.235 bits per heavy atom. The van der Waals surface area contributed by atoms with Crippen LogP contribution in [0.5, 0.6) is 0 Å². The third-order valence-corrected chi connectivity index (χ3v) is 3.38. The molecule has 0 spiro atoms. The summed E-state index contributed by atoms with van der Waals surface area (Å²) in [5.74, 6) is 8.73. The molecule has 1 saturated carbocycles. The molecule has 0 aromatic heterocycles. The molecule has 0 aliphatic heterocycles. The molecule has 12 heteroatoms. The first kappa shape index (κ1) is 76.7. The van der Waals surface area contributed by atoms with Gasteiger partial charge in [0.1, 0.15) is 0 Å². The summed E-state index contributed by atoms with van der Waals surface area (Å²) in [4.78, 5) is 0. The molecular formula is C22H18O10V2. The van der Waals surface area contributed by atoms with Gasteiger partial charge < -0.3 is 0 Å². The van der Waals surface area contributed by atoms with Crippen LogP contribution in [0.25, 0.3) is 0 Å². The van der Waals surface area contributed by atoms with E-state index in [1.54, 1.807) is 0 Å². The van der Waals surface area contributed by atoms with E-state index in [2.05, 4.69) is 108 Å². The van der Waals surface area contributed by atoms with Gasteiger partial charge in [-0.25, -0.2) is 0 Å². The molecule has 0 bridgehead atoms. The molecule has 0 saturated heterocycles. The summed E-state index contributed by atoms with van der Waals surface area (Å²) in [6, 6.07) is 0. The minimum absolute atomic E-state index is 0. The fraction of sp³-hybridized carbons (Fsp3) is 0.273. The van der Waals surface area contributed by atoms with Gasteiger partial charge in [-0.3, -0.25) is 0 Å². The number of hydrogen-bond acceptors (Lipinski definition) is 0. The van der Waals surface area contributed by atoms with E-state index in [1.165, 1.54) is 35.5 Å². The Morgan fingerprint density at radius 2 is 0.265 bits per heavy atom. The van der Waals surface area contributed by atoms with E-state index in [-0.39, 0.29) is 37.1 Å². The van der Waals surface area contributed by atoms with Crippen LogP contribution in [-0.4, -0.2) is 0 Å². The predicted molar refractivity (Wildman–Crippen MR) is 92.8 cm³/mol. The smallest absolute Gasteiger partial charge is 0 e. The molecule has 0 unspecified atom stereocenters. The molecule has 8 radical (unpaired) electrons. The van der Waals surface area contributed by atoms with Crippen LogP contribution in [0.4, 0.5) is 0 Å². The van der Waals surface area contributed by atoms with Crippen molar-refractivity contribution in [1.29, 1.82) is 0 Å². The monoisotopic (exact) mass is 544 g/mol. The first-order chi connectivity index (χ1) is 15.5. The van der Waals surface area contributed by atoms with Gasteiger partial charge in [-0.1, -0.05) is 41.5 Å². The van der Waals surface area contributed by atoms with Crippen molar-refractivity contribution in [3.8, 4) is 0 Å². The van der Waals surface area contributed by atoms with Gasteiger partial charge in [0.15, 0.2) is 0 Å². The Labute approximate surface area is 226 Å². The van der Waals surface area contributed by atoms with Gasteiger partial charge in [0, 0.05) is 37.1 Å². The van der Waals surface area contributed by atoms with Crippen molar-refractivity contribution in [2.24, 2.45) is 0 Å². The van der Waals surface area contributed by atoms with Gasteiger partial charge in [0.25, 0.3) is 0 Å². The zero-order valence-electron chi connectivity index (χ0n) is 19.0. The molecule has 1 fully saturated rings. The number of rotatable bonds is 0. The van der Waals surface area contributed by atoms with Gasteiger partial charge in [-0.15, -0.1) is 0 Å². The van der Waals surface area contributed by atoms with Crippen LogP contribution in [0.1, 0.15) is 41.5 Å². The average Bonchev–Trinajstić information content (AvgIpc) is 2.96. The molecule has 0 N–H and O–H groups in total. The molecule has 0 aromatic rings. The minimum Gasteiger partial charge on any atom is 0 e. The van der Waals surface area contributed by atoms with Crippen LogP contribution in [0, 0.1) is 102 Å². The molecule has 0 aromatic carbocycles. The first-order valence-electron chi connectivity index (χ1n) is 6.54. The average molecular weight is 544 g/mol. The molecule has 0 amide bonds. The summed E-state index contributed by atoms with van der Waals surface area (Å²) in [5, 5.41) is 0. The summed E-state index contributed by atoms with van der Waals surface area (Å²) in [5.41, 5.74) is 0. The van der Waals surface area contributed by atoms with Crippen molar-refractivity contribution < 1.29 is 83.6 Å². The maximum Gasteiger partial charge on any atom is 0 e. The second-order valence-corrected chi connectivity index (χ2v) is 3.75. The van der Waals surface area contributed by atoms with Crippen LogP contribution < -0.4 is 0 Å². The third-order valence-electron chi connectivity index (χ3n) is 3.38. The van der Waals surface area contributed by atoms with Crippen molar-refractivity contribution >= 4 is 0 Å². The quantitative estimate of drug-likeness (QED) is 0.319. The fourth-order valence-electron chi connectivity index (χ4n) is 1.69. The zero-order valence-corrected chi connectivity index (χ0v) is 21.8. The second kappa shape index (κ2) is 107. The summed E-state index contributed by atoms with van der Waals surface area (Å²) in [6.07, 6.45) is 0. The summed E-state index contributed by atoms with van der Waals surface area (Å²) in [7, 11) is 0.